The Morgan fingerprint density at radius 3 is 1.86 bits per heavy atom. The fourth-order valence-electron chi connectivity index (χ4n) is 2.25. The number of benzene rings is 2. The minimum absolute atomic E-state index is 0.198. The zero-order valence-electron chi connectivity index (χ0n) is 12.6. The lowest BCUT2D eigenvalue weighted by Gasteiger charge is -2.07. The molecule has 108 valence electrons. The molecule has 0 aliphatic carbocycles. The predicted molar refractivity (Wildman–Crippen MR) is 88.5 cm³/mol. The molecule has 0 aliphatic heterocycles. The molecule has 0 aromatic heterocycles. The van der Waals surface area contributed by atoms with Crippen LogP contribution in [0.15, 0.2) is 60.8 Å². The number of nitrogens with one attached hydrogen (secondary N) is 1. The first-order chi connectivity index (χ1) is 10.0. The molecule has 0 saturated heterocycles. The molecule has 2 heteroatoms. The molecule has 0 amide bonds. The summed E-state index contributed by atoms with van der Waals surface area (Å²) in [6.07, 6.45) is 1.41. The largest absolute Gasteiger partial charge is 0.360 e. The Balaban J connectivity index is 2.01. The van der Waals surface area contributed by atoms with Crippen LogP contribution in [0.3, 0.4) is 0 Å². The first-order valence-electron chi connectivity index (χ1n) is 7.11. The molecule has 0 atom stereocenters. The van der Waals surface area contributed by atoms with Gasteiger partial charge in [-0.15, -0.1) is 0 Å². The van der Waals surface area contributed by atoms with E-state index in [1.807, 2.05) is 19.1 Å². The summed E-state index contributed by atoms with van der Waals surface area (Å²) in [4.78, 5) is 11.1. The molecular formula is C19H21NO. The highest BCUT2D eigenvalue weighted by molar-refractivity contribution is 5.78. The highest BCUT2D eigenvalue weighted by atomic mass is 16.1. The number of rotatable bonds is 6. The summed E-state index contributed by atoms with van der Waals surface area (Å²) in [5, 5.41) is 3.20. The van der Waals surface area contributed by atoms with E-state index in [0.29, 0.717) is 6.42 Å². The maximum absolute atomic E-state index is 11.1. The molecule has 2 aromatic carbocycles. The van der Waals surface area contributed by atoms with Crippen LogP contribution in [-0.4, -0.2) is 5.78 Å². The molecular weight excluding hydrogens is 258 g/mol. The maximum Gasteiger partial charge on any atom is 0.134 e. The third kappa shape index (κ3) is 4.92. The highest BCUT2D eigenvalue weighted by Gasteiger charge is 2.00. The van der Waals surface area contributed by atoms with Crippen LogP contribution in [0.4, 0.5) is 5.69 Å². The van der Waals surface area contributed by atoms with Crippen molar-refractivity contribution in [2.45, 2.75) is 26.7 Å². The second-order valence-corrected chi connectivity index (χ2v) is 5.47. The Morgan fingerprint density at radius 1 is 0.905 bits per heavy atom. The van der Waals surface area contributed by atoms with Crippen molar-refractivity contribution >= 4 is 11.5 Å². The van der Waals surface area contributed by atoms with Crippen LogP contribution in [0.5, 0.6) is 0 Å². The van der Waals surface area contributed by atoms with Crippen LogP contribution in [0.25, 0.3) is 0 Å². The quantitative estimate of drug-likeness (QED) is 0.851. The predicted octanol–water partition coefficient (Wildman–Crippen LogP) is 4.35. The Bertz CT molecular complexity index is 566. The number of carbonyl (C=O) groups excluding carboxylic acids is 1. The van der Waals surface area contributed by atoms with Crippen LogP contribution >= 0.6 is 0 Å². The Kier molecular flexibility index (Phi) is 4.94. The minimum atomic E-state index is 0.198. The molecule has 0 radical (unpaired) electrons. The third-order valence-corrected chi connectivity index (χ3v) is 3.20. The lowest BCUT2D eigenvalue weighted by Crippen LogP contribution is -1.97. The molecule has 0 saturated carbocycles. The van der Waals surface area contributed by atoms with Gasteiger partial charge in [0.2, 0.25) is 0 Å². The molecule has 0 bridgehead atoms. The number of hydrogen-bond acceptors (Lipinski definition) is 2. The standard InChI is InChI=1S/C19H21NO/c1-14(2)20-19-10-8-18(9-11-19)13-17-6-4-16(5-7-17)12-15(3)21/h4-11,20H,1,12-13H2,2-3H3. The Hall–Kier alpha value is -2.35. The van der Waals surface area contributed by atoms with Crippen molar-refractivity contribution in [3.05, 3.63) is 77.5 Å². The summed E-state index contributed by atoms with van der Waals surface area (Å²) in [7, 11) is 0. The molecule has 0 fully saturated rings. The van der Waals surface area contributed by atoms with Crippen molar-refractivity contribution in [2.24, 2.45) is 0 Å². The first-order valence-corrected chi connectivity index (χ1v) is 7.11. The van der Waals surface area contributed by atoms with Gasteiger partial charge in [-0.3, -0.25) is 4.79 Å². The van der Waals surface area contributed by atoms with Gasteiger partial charge in [-0.05, 0) is 49.1 Å². The van der Waals surface area contributed by atoms with Gasteiger partial charge in [0, 0.05) is 17.8 Å². The van der Waals surface area contributed by atoms with Crippen LogP contribution in [0.2, 0.25) is 0 Å². The van der Waals surface area contributed by atoms with Crippen molar-refractivity contribution in [3.8, 4) is 0 Å². The van der Waals surface area contributed by atoms with Gasteiger partial charge in [0.25, 0.3) is 0 Å². The molecule has 0 heterocycles. The second-order valence-electron chi connectivity index (χ2n) is 5.47. The lowest BCUT2D eigenvalue weighted by atomic mass is 10.0. The Labute approximate surface area is 126 Å². The maximum atomic E-state index is 11.1. The minimum Gasteiger partial charge on any atom is -0.360 e. The van der Waals surface area contributed by atoms with Gasteiger partial charge in [0.1, 0.15) is 5.78 Å². The zero-order valence-corrected chi connectivity index (χ0v) is 12.6. The second kappa shape index (κ2) is 6.89. The van der Waals surface area contributed by atoms with Gasteiger partial charge in [0.15, 0.2) is 0 Å². The number of anilines is 1. The normalized spacial score (nSPS) is 10.2. The lowest BCUT2D eigenvalue weighted by molar-refractivity contribution is -0.116. The van der Waals surface area contributed by atoms with Gasteiger partial charge in [-0.25, -0.2) is 0 Å². The summed E-state index contributed by atoms with van der Waals surface area (Å²) >= 11 is 0. The van der Waals surface area contributed by atoms with Gasteiger partial charge < -0.3 is 5.32 Å². The number of allylic oxidation sites excluding steroid dienone is 1. The SMILES string of the molecule is C=C(C)Nc1ccc(Cc2ccc(CC(C)=O)cc2)cc1. The summed E-state index contributed by atoms with van der Waals surface area (Å²) in [6, 6.07) is 16.6. The van der Waals surface area contributed by atoms with E-state index in [9.17, 15) is 4.79 Å². The van der Waals surface area contributed by atoms with Gasteiger partial charge in [-0.2, -0.15) is 0 Å². The molecule has 0 unspecified atom stereocenters. The first kappa shape index (κ1) is 15.0. The van der Waals surface area contributed by atoms with Crippen LogP contribution < -0.4 is 5.32 Å². The van der Waals surface area contributed by atoms with E-state index < -0.39 is 0 Å². The average molecular weight is 279 g/mol. The van der Waals surface area contributed by atoms with Gasteiger partial charge in [-0.1, -0.05) is 43.0 Å². The monoisotopic (exact) mass is 279 g/mol. The van der Waals surface area contributed by atoms with Crippen LogP contribution in [0, 0.1) is 0 Å². The van der Waals surface area contributed by atoms with Crippen LogP contribution in [0.1, 0.15) is 30.5 Å². The molecule has 1 N–H and O–H groups in total. The molecule has 0 spiro atoms. The van der Waals surface area contributed by atoms with E-state index in [1.165, 1.54) is 11.1 Å². The number of carbonyl (C=O) groups is 1. The van der Waals surface area contributed by atoms with E-state index in [0.717, 1.165) is 23.4 Å². The zero-order chi connectivity index (χ0) is 15.2. The van der Waals surface area contributed by atoms with E-state index >= 15 is 0 Å². The summed E-state index contributed by atoms with van der Waals surface area (Å²) < 4.78 is 0. The average Bonchev–Trinajstić information content (AvgIpc) is 2.42. The molecule has 0 aliphatic rings. The fraction of sp³-hybridized carbons (Fsp3) is 0.211. The van der Waals surface area contributed by atoms with Crippen molar-refractivity contribution in [1.29, 1.82) is 0 Å². The van der Waals surface area contributed by atoms with E-state index in [2.05, 4.69) is 48.3 Å². The molecule has 2 nitrogen and oxygen atoms in total. The summed E-state index contributed by atoms with van der Waals surface area (Å²) in [6.45, 7) is 7.39. The van der Waals surface area contributed by atoms with E-state index in [-0.39, 0.29) is 5.78 Å². The van der Waals surface area contributed by atoms with Crippen molar-refractivity contribution in [1.82, 2.24) is 0 Å². The van der Waals surface area contributed by atoms with Gasteiger partial charge >= 0.3 is 0 Å². The van der Waals surface area contributed by atoms with Crippen molar-refractivity contribution in [2.75, 3.05) is 5.32 Å². The van der Waals surface area contributed by atoms with Crippen molar-refractivity contribution < 1.29 is 4.79 Å². The Morgan fingerprint density at radius 2 is 1.38 bits per heavy atom. The molecule has 2 aromatic rings. The van der Waals surface area contributed by atoms with E-state index in [4.69, 9.17) is 0 Å². The number of hydrogen-bond donors (Lipinski definition) is 1. The third-order valence-electron chi connectivity index (χ3n) is 3.20. The topological polar surface area (TPSA) is 29.1 Å². The smallest absolute Gasteiger partial charge is 0.134 e. The number of ketones is 1. The van der Waals surface area contributed by atoms with Crippen LogP contribution in [-0.2, 0) is 17.6 Å². The van der Waals surface area contributed by atoms with Gasteiger partial charge in [0.05, 0.1) is 0 Å². The number of Topliss-reactive ketones (excluding diaryl/α,β-unsaturated/α-hetero) is 1. The fourth-order valence-corrected chi connectivity index (χ4v) is 2.25. The summed E-state index contributed by atoms with van der Waals surface area (Å²) in [5.74, 6) is 0.198. The highest BCUT2D eigenvalue weighted by Crippen LogP contribution is 2.15. The molecule has 21 heavy (non-hydrogen) atoms. The molecule has 2 rings (SSSR count). The summed E-state index contributed by atoms with van der Waals surface area (Å²) in [5.41, 5.74) is 5.59. The van der Waals surface area contributed by atoms with E-state index in [1.54, 1.807) is 6.92 Å². The van der Waals surface area contributed by atoms with Crippen molar-refractivity contribution in [3.63, 3.8) is 0 Å².